The molecule has 0 aromatic heterocycles. The van der Waals surface area contributed by atoms with Crippen LogP contribution in [0, 0.1) is 13.8 Å². The van der Waals surface area contributed by atoms with Crippen molar-refractivity contribution in [1.82, 2.24) is 5.32 Å². The number of carbonyl (C=O) groups is 1. The first-order chi connectivity index (χ1) is 8.52. The number of hydrogen-bond acceptors (Lipinski definition) is 3. The molecule has 0 fully saturated rings. The highest BCUT2D eigenvalue weighted by atomic mass is 16.4. The lowest BCUT2D eigenvalue weighted by Gasteiger charge is -2.06. The van der Waals surface area contributed by atoms with Crippen molar-refractivity contribution in [3.63, 3.8) is 0 Å². The first-order valence-electron chi connectivity index (χ1n) is 5.82. The molecule has 0 aliphatic rings. The lowest BCUT2D eigenvalue weighted by atomic mass is 10.0. The van der Waals surface area contributed by atoms with Gasteiger partial charge in [0.1, 0.15) is 5.84 Å². The first-order valence-corrected chi connectivity index (χ1v) is 5.82. The van der Waals surface area contributed by atoms with E-state index < -0.39 is 0 Å². The van der Waals surface area contributed by atoms with Crippen LogP contribution < -0.4 is 11.1 Å². The molecule has 0 aliphatic heterocycles. The molecule has 0 radical (unpaired) electrons. The van der Waals surface area contributed by atoms with Gasteiger partial charge in [-0.05, 0) is 30.5 Å². The van der Waals surface area contributed by atoms with Gasteiger partial charge in [0.25, 0.3) is 0 Å². The zero-order valence-corrected chi connectivity index (χ0v) is 10.7. The van der Waals surface area contributed by atoms with Crippen molar-refractivity contribution in [3.8, 4) is 0 Å². The SMILES string of the molecule is Cc1ccc(CC(=O)NCC/C(N)=N/O)cc1C. The van der Waals surface area contributed by atoms with Gasteiger partial charge in [0.05, 0.1) is 6.42 Å². The first kappa shape index (κ1) is 14.0. The summed E-state index contributed by atoms with van der Waals surface area (Å²) in [7, 11) is 0. The van der Waals surface area contributed by atoms with Gasteiger partial charge in [-0.25, -0.2) is 0 Å². The number of nitrogens with one attached hydrogen (secondary N) is 1. The van der Waals surface area contributed by atoms with E-state index in [0.717, 1.165) is 5.56 Å². The van der Waals surface area contributed by atoms with Crippen molar-refractivity contribution in [3.05, 3.63) is 34.9 Å². The fourth-order valence-corrected chi connectivity index (χ4v) is 1.54. The molecule has 5 nitrogen and oxygen atoms in total. The Balaban J connectivity index is 2.42. The number of amides is 1. The topological polar surface area (TPSA) is 87.7 Å². The van der Waals surface area contributed by atoms with Gasteiger partial charge < -0.3 is 16.3 Å². The number of rotatable bonds is 5. The summed E-state index contributed by atoms with van der Waals surface area (Å²) < 4.78 is 0. The smallest absolute Gasteiger partial charge is 0.224 e. The Hall–Kier alpha value is -2.04. The van der Waals surface area contributed by atoms with Gasteiger partial charge >= 0.3 is 0 Å². The number of benzene rings is 1. The molecule has 0 saturated carbocycles. The van der Waals surface area contributed by atoms with Crippen LogP contribution >= 0.6 is 0 Å². The molecule has 1 amide bonds. The molecule has 1 rings (SSSR count). The van der Waals surface area contributed by atoms with E-state index in [0.29, 0.717) is 19.4 Å². The summed E-state index contributed by atoms with van der Waals surface area (Å²) in [6.07, 6.45) is 0.687. The van der Waals surface area contributed by atoms with Crippen LogP contribution in [0.4, 0.5) is 0 Å². The molecule has 0 spiro atoms. The Morgan fingerprint density at radius 3 is 2.72 bits per heavy atom. The highest BCUT2D eigenvalue weighted by Gasteiger charge is 2.04. The predicted molar refractivity (Wildman–Crippen MR) is 70.7 cm³/mol. The van der Waals surface area contributed by atoms with Gasteiger partial charge in [-0.1, -0.05) is 23.4 Å². The molecule has 4 N–H and O–H groups in total. The quantitative estimate of drug-likeness (QED) is 0.316. The van der Waals surface area contributed by atoms with Crippen LogP contribution in [0.1, 0.15) is 23.1 Å². The minimum absolute atomic E-state index is 0.0657. The second-order valence-corrected chi connectivity index (χ2v) is 4.29. The van der Waals surface area contributed by atoms with E-state index in [1.165, 1.54) is 11.1 Å². The number of carbonyl (C=O) groups excluding carboxylic acids is 1. The van der Waals surface area contributed by atoms with Crippen molar-refractivity contribution in [2.45, 2.75) is 26.7 Å². The van der Waals surface area contributed by atoms with Crippen LogP contribution in [0.15, 0.2) is 23.4 Å². The third kappa shape index (κ3) is 4.45. The van der Waals surface area contributed by atoms with Crippen LogP contribution in [0.25, 0.3) is 0 Å². The van der Waals surface area contributed by atoms with Crippen molar-refractivity contribution >= 4 is 11.7 Å². The Kier molecular flexibility index (Phi) is 5.17. The van der Waals surface area contributed by atoms with Gasteiger partial charge in [0, 0.05) is 13.0 Å². The number of aryl methyl sites for hydroxylation is 2. The molecular formula is C13H19N3O2. The van der Waals surface area contributed by atoms with Crippen LogP contribution in [0.5, 0.6) is 0 Å². The molecule has 0 unspecified atom stereocenters. The predicted octanol–water partition coefficient (Wildman–Crippen LogP) is 1.10. The number of nitrogens with two attached hydrogens (primary N) is 1. The molecule has 98 valence electrons. The van der Waals surface area contributed by atoms with Crippen molar-refractivity contribution < 1.29 is 10.0 Å². The Labute approximate surface area is 107 Å². The fraction of sp³-hybridized carbons (Fsp3) is 0.385. The Morgan fingerprint density at radius 1 is 1.39 bits per heavy atom. The van der Waals surface area contributed by atoms with Crippen molar-refractivity contribution in [1.29, 1.82) is 0 Å². The maximum Gasteiger partial charge on any atom is 0.224 e. The zero-order chi connectivity index (χ0) is 13.5. The van der Waals surface area contributed by atoms with E-state index in [4.69, 9.17) is 10.9 Å². The minimum Gasteiger partial charge on any atom is -0.409 e. The van der Waals surface area contributed by atoms with Gasteiger partial charge in [-0.15, -0.1) is 0 Å². The summed E-state index contributed by atoms with van der Waals surface area (Å²) in [6.45, 7) is 4.44. The maximum atomic E-state index is 11.6. The third-order valence-electron chi connectivity index (χ3n) is 2.77. The van der Waals surface area contributed by atoms with Crippen LogP contribution in [0.3, 0.4) is 0 Å². The van der Waals surface area contributed by atoms with Crippen LogP contribution in [-0.2, 0) is 11.2 Å². The highest BCUT2D eigenvalue weighted by molar-refractivity contribution is 5.82. The standard InChI is InChI=1S/C13H19N3O2/c1-9-3-4-11(7-10(9)2)8-13(17)15-6-5-12(14)16-18/h3-4,7,18H,5-6,8H2,1-2H3,(H2,14,16)(H,15,17). The summed E-state index contributed by atoms with van der Waals surface area (Å²) in [4.78, 5) is 11.6. The van der Waals surface area contributed by atoms with Crippen molar-refractivity contribution in [2.24, 2.45) is 10.9 Å². The molecule has 0 aliphatic carbocycles. The van der Waals surface area contributed by atoms with E-state index in [2.05, 4.69) is 10.5 Å². The Bertz CT molecular complexity index is 456. The van der Waals surface area contributed by atoms with E-state index in [9.17, 15) is 4.79 Å². The van der Waals surface area contributed by atoms with Gasteiger partial charge in [-0.3, -0.25) is 4.79 Å². The lowest BCUT2D eigenvalue weighted by Crippen LogP contribution is -2.29. The molecule has 1 aromatic carbocycles. The summed E-state index contributed by atoms with van der Waals surface area (Å²) in [5.41, 5.74) is 8.67. The molecule has 0 heterocycles. The minimum atomic E-state index is -0.0657. The molecular weight excluding hydrogens is 230 g/mol. The normalized spacial score (nSPS) is 11.3. The summed E-state index contributed by atoms with van der Waals surface area (Å²) in [5.74, 6) is 0.0467. The zero-order valence-electron chi connectivity index (χ0n) is 10.7. The van der Waals surface area contributed by atoms with Gasteiger partial charge in [0.2, 0.25) is 5.91 Å². The molecule has 5 heteroatoms. The second-order valence-electron chi connectivity index (χ2n) is 4.29. The lowest BCUT2D eigenvalue weighted by molar-refractivity contribution is -0.120. The average molecular weight is 249 g/mol. The van der Waals surface area contributed by atoms with E-state index in [-0.39, 0.29) is 11.7 Å². The fourth-order valence-electron chi connectivity index (χ4n) is 1.54. The third-order valence-corrected chi connectivity index (χ3v) is 2.77. The highest BCUT2D eigenvalue weighted by Crippen LogP contribution is 2.10. The summed E-state index contributed by atoms with van der Waals surface area (Å²) >= 11 is 0. The van der Waals surface area contributed by atoms with E-state index in [1.807, 2.05) is 32.0 Å². The maximum absolute atomic E-state index is 11.6. The molecule has 18 heavy (non-hydrogen) atoms. The summed E-state index contributed by atoms with van der Waals surface area (Å²) in [5, 5.41) is 13.9. The van der Waals surface area contributed by atoms with Crippen molar-refractivity contribution in [2.75, 3.05) is 6.54 Å². The monoisotopic (exact) mass is 249 g/mol. The second kappa shape index (κ2) is 6.64. The van der Waals surface area contributed by atoms with Gasteiger partial charge in [0.15, 0.2) is 0 Å². The Morgan fingerprint density at radius 2 is 2.11 bits per heavy atom. The van der Waals surface area contributed by atoms with Gasteiger partial charge in [-0.2, -0.15) is 0 Å². The average Bonchev–Trinajstić information content (AvgIpc) is 2.33. The largest absolute Gasteiger partial charge is 0.409 e. The number of oxime groups is 1. The van der Waals surface area contributed by atoms with E-state index in [1.54, 1.807) is 0 Å². The molecule has 0 saturated heterocycles. The number of amidine groups is 1. The summed E-state index contributed by atoms with van der Waals surface area (Å²) in [6, 6.07) is 5.97. The van der Waals surface area contributed by atoms with E-state index >= 15 is 0 Å². The van der Waals surface area contributed by atoms with Crippen LogP contribution in [0.2, 0.25) is 0 Å². The molecule has 0 bridgehead atoms. The number of hydrogen-bond donors (Lipinski definition) is 3. The molecule has 0 atom stereocenters. The number of nitrogens with zero attached hydrogens (tertiary/aromatic N) is 1. The molecule has 1 aromatic rings. The van der Waals surface area contributed by atoms with Crippen LogP contribution in [-0.4, -0.2) is 23.5 Å².